The van der Waals surface area contributed by atoms with Gasteiger partial charge in [0, 0.05) is 17.7 Å². The molecule has 3 aliphatic rings. The quantitative estimate of drug-likeness (QED) is 0.185. The van der Waals surface area contributed by atoms with Crippen LogP contribution in [0.25, 0.3) is 6.08 Å². The highest BCUT2D eigenvalue weighted by Crippen LogP contribution is 2.53. The fraction of sp³-hybridized carbons (Fsp3) is 0.208. The first-order valence-corrected chi connectivity index (χ1v) is 10.1. The Morgan fingerprint density at radius 3 is 2.26 bits per heavy atom. The van der Waals surface area contributed by atoms with E-state index in [1.54, 1.807) is 36.4 Å². The maximum atomic E-state index is 12.9. The summed E-state index contributed by atoms with van der Waals surface area (Å²) in [4.78, 5) is 49.9. The SMILES string of the molecule is O=C(/C=C/c1cccc([N+](=O)[O-])c1)c1ccc(N2C(=O)[C@@H]3[C@H](C2=O)[C@@H]2C=C[C@H]3C2)cc1. The molecule has 2 amide bonds. The Balaban J connectivity index is 1.32. The van der Waals surface area contributed by atoms with Gasteiger partial charge in [-0.2, -0.15) is 0 Å². The normalized spacial score (nSPS) is 26.1. The van der Waals surface area contributed by atoms with Crippen LogP contribution in [0.3, 0.4) is 0 Å². The zero-order valence-electron chi connectivity index (χ0n) is 16.4. The lowest BCUT2D eigenvalue weighted by atomic mass is 9.85. The molecule has 31 heavy (non-hydrogen) atoms. The van der Waals surface area contributed by atoms with Crippen LogP contribution in [0.1, 0.15) is 22.3 Å². The van der Waals surface area contributed by atoms with Gasteiger partial charge < -0.3 is 0 Å². The van der Waals surface area contributed by atoms with Crippen LogP contribution in [-0.2, 0) is 9.59 Å². The second-order valence-electron chi connectivity index (χ2n) is 8.11. The molecule has 2 aliphatic carbocycles. The fourth-order valence-corrected chi connectivity index (χ4v) is 4.94. The summed E-state index contributed by atoms with van der Waals surface area (Å²) in [5, 5.41) is 10.9. The third kappa shape index (κ3) is 3.09. The number of imide groups is 1. The molecular weight excluding hydrogens is 396 g/mol. The maximum Gasteiger partial charge on any atom is 0.270 e. The number of hydrogen-bond acceptors (Lipinski definition) is 5. The number of rotatable bonds is 5. The van der Waals surface area contributed by atoms with E-state index < -0.39 is 4.92 Å². The van der Waals surface area contributed by atoms with Crippen LogP contribution < -0.4 is 4.90 Å². The number of allylic oxidation sites excluding steroid dienone is 3. The number of amides is 2. The van der Waals surface area contributed by atoms with E-state index in [0.29, 0.717) is 16.8 Å². The highest BCUT2D eigenvalue weighted by Gasteiger charge is 2.59. The predicted octanol–water partition coefficient (Wildman–Crippen LogP) is 3.80. The second-order valence-corrected chi connectivity index (χ2v) is 8.11. The molecule has 2 aromatic rings. The van der Waals surface area contributed by atoms with Crippen molar-refractivity contribution in [2.45, 2.75) is 6.42 Å². The minimum absolute atomic E-state index is 0.0488. The molecule has 5 rings (SSSR count). The Kier molecular flexibility index (Phi) is 4.39. The van der Waals surface area contributed by atoms with Gasteiger partial charge in [0.05, 0.1) is 22.4 Å². The van der Waals surface area contributed by atoms with E-state index in [2.05, 4.69) is 12.2 Å². The smallest absolute Gasteiger partial charge is 0.270 e. The Labute approximate surface area is 177 Å². The first kappa shape index (κ1) is 19.1. The van der Waals surface area contributed by atoms with Crippen molar-refractivity contribution in [3.05, 3.63) is 88.0 Å². The van der Waals surface area contributed by atoms with E-state index in [0.717, 1.165) is 6.42 Å². The maximum absolute atomic E-state index is 12.9. The van der Waals surface area contributed by atoms with Gasteiger partial charge in [-0.1, -0.05) is 30.4 Å². The van der Waals surface area contributed by atoms with Crippen molar-refractivity contribution in [2.24, 2.45) is 23.7 Å². The molecule has 0 aromatic heterocycles. The number of carbonyl (C=O) groups excluding carboxylic acids is 3. The van der Waals surface area contributed by atoms with Crippen LogP contribution in [0.15, 0.2) is 66.8 Å². The van der Waals surface area contributed by atoms with Crippen molar-refractivity contribution >= 4 is 35.0 Å². The van der Waals surface area contributed by atoms with Gasteiger partial charge in [-0.15, -0.1) is 0 Å². The van der Waals surface area contributed by atoms with Gasteiger partial charge >= 0.3 is 0 Å². The highest BCUT2D eigenvalue weighted by atomic mass is 16.6. The molecule has 1 aliphatic heterocycles. The largest absolute Gasteiger partial charge is 0.289 e. The number of non-ortho nitro benzene ring substituents is 1. The zero-order chi connectivity index (χ0) is 21.7. The lowest BCUT2D eigenvalue weighted by Crippen LogP contribution is -2.32. The minimum atomic E-state index is -0.492. The van der Waals surface area contributed by atoms with Gasteiger partial charge in [0.15, 0.2) is 5.78 Å². The van der Waals surface area contributed by atoms with Gasteiger partial charge in [-0.25, -0.2) is 0 Å². The first-order chi connectivity index (χ1) is 14.9. The number of nitro benzene ring substituents is 1. The Morgan fingerprint density at radius 2 is 1.65 bits per heavy atom. The van der Waals surface area contributed by atoms with Crippen LogP contribution in [0, 0.1) is 33.8 Å². The molecule has 0 N–H and O–H groups in total. The summed E-state index contributed by atoms with van der Waals surface area (Å²) in [7, 11) is 0. The lowest BCUT2D eigenvalue weighted by molar-refractivity contribution is -0.384. The molecule has 2 fully saturated rings. The van der Waals surface area contributed by atoms with Crippen molar-refractivity contribution in [3.63, 3.8) is 0 Å². The number of ketones is 1. The number of nitrogens with zero attached hydrogens (tertiary/aromatic N) is 2. The van der Waals surface area contributed by atoms with Gasteiger partial charge in [0.2, 0.25) is 11.8 Å². The molecule has 1 saturated heterocycles. The molecule has 7 nitrogen and oxygen atoms in total. The van der Waals surface area contributed by atoms with E-state index in [-0.39, 0.29) is 47.0 Å². The van der Waals surface area contributed by atoms with Crippen molar-refractivity contribution < 1.29 is 19.3 Å². The minimum Gasteiger partial charge on any atom is -0.289 e. The van der Waals surface area contributed by atoms with Crippen molar-refractivity contribution in [3.8, 4) is 0 Å². The number of nitro groups is 1. The van der Waals surface area contributed by atoms with E-state index in [1.807, 2.05) is 0 Å². The third-order valence-corrected chi connectivity index (χ3v) is 6.39. The molecular formula is C24H18N2O5. The first-order valence-electron chi connectivity index (χ1n) is 10.1. The third-order valence-electron chi connectivity index (χ3n) is 6.39. The van der Waals surface area contributed by atoms with E-state index in [4.69, 9.17) is 0 Å². The summed E-state index contributed by atoms with van der Waals surface area (Å²) in [5.74, 6) is -0.819. The van der Waals surface area contributed by atoms with Crippen LogP contribution in [0.2, 0.25) is 0 Å². The number of fused-ring (bicyclic) bond motifs is 5. The van der Waals surface area contributed by atoms with Crippen LogP contribution in [-0.4, -0.2) is 22.5 Å². The van der Waals surface area contributed by atoms with Gasteiger partial charge in [0.1, 0.15) is 0 Å². The Morgan fingerprint density at radius 1 is 1.00 bits per heavy atom. The molecule has 0 unspecified atom stereocenters. The standard InChI is InChI=1S/C24H18N2O5/c27-20(11-4-14-2-1-3-19(12-14)26(30)31)15-7-9-18(10-8-15)25-23(28)21-16-5-6-17(13-16)22(21)24(25)29/h1-12,16-17,21-22H,13H2/b11-4+/t16-,17+,21-,22+. The number of hydrogen-bond donors (Lipinski definition) is 0. The molecule has 4 atom stereocenters. The van der Waals surface area contributed by atoms with E-state index >= 15 is 0 Å². The average molecular weight is 414 g/mol. The summed E-state index contributed by atoms with van der Waals surface area (Å²) >= 11 is 0. The average Bonchev–Trinajstić information content (AvgIpc) is 3.46. The van der Waals surface area contributed by atoms with Crippen LogP contribution >= 0.6 is 0 Å². The molecule has 2 aromatic carbocycles. The molecule has 0 radical (unpaired) electrons. The van der Waals surface area contributed by atoms with Gasteiger partial charge in [-0.3, -0.25) is 29.4 Å². The fourth-order valence-electron chi connectivity index (χ4n) is 4.94. The number of benzene rings is 2. The summed E-state index contributed by atoms with van der Waals surface area (Å²) < 4.78 is 0. The van der Waals surface area contributed by atoms with Gasteiger partial charge in [-0.05, 0) is 54.2 Å². The Hall–Kier alpha value is -3.87. The highest BCUT2D eigenvalue weighted by molar-refractivity contribution is 6.23. The molecule has 0 spiro atoms. The van der Waals surface area contributed by atoms with Crippen molar-refractivity contribution in [1.82, 2.24) is 0 Å². The predicted molar refractivity (Wildman–Crippen MR) is 113 cm³/mol. The summed E-state index contributed by atoms with van der Waals surface area (Å²) in [5.41, 5.74) is 1.36. The van der Waals surface area contributed by atoms with Crippen molar-refractivity contribution in [1.29, 1.82) is 0 Å². The van der Waals surface area contributed by atoms with Crippen LogP contribution in [0.5, 0.6) is 0 Å². The number of anilines is 1. The second kappa shape index (κ2) is 7.12. The summed E-state index contributed by atoms with van der Waals surface area (Å²) in [6.45, 7) is 0. The molecule has 2 bridgehead atoms. The lowest BCUT2D eigenvalue weighted by Gasteiger charge is -2.17. The van der Waals surface area contributed by atoms with Crippen LogP contribution in [0.4, 0.5) is 11.4 Å². The summed E-state index contributed by atoms with van der Waals surface area (Å²) in [6, 6.07) is 12.4. The molecule has 1 heterocycles. The van der Waals surface area contributed by atoms with E-state index in [1.165, 1.54) is 29.2 Å². The Bertz CT molecular complexity index is 1150. The molecule has 154 valence electrons. The zero-order valence-corrected chi connectivity index (χ0v) is 16.4. The topological polar surface area (TPSA) is 97.6 Å². The molecule has 1 saturated carbocycles. The van der Waals surface area contributed by atoms with Gasteiger partial charge in [0.25, 0.3) is 5.69 Å². The van der Waals surface area contributed by atoms with Crippen molar-refractivity contribution in [2.75, 3.05) is 4.90 Å². The molecule has 7 heteroatoms. The monoisotopic (exact) mass is 414 g/mol. The number of carbonyl (C=O) groups is 3. The summed E-state index contributed by atoms with van der Waals surface area (Å²) in [6.07, 6.45) is 7.84. The van der Waals surface area contributed by atoms with E-state index in [9.17, 15) is 24.5 Å².